The van der Waals surface area contributed by atoms with E-state index >= 15 is 0 Å². The van der Waals surface area contributed by atoms with Gasteiger partial charge in [-0.2, -0.15) is 0 Å². The summed E-state index contributed by atoms with van der Waals surface area (Å²) in [5.41, 5.74) is 4.70. The number of likely N-dealkylation sites (tertiary alicyclic amines) is 1. The summed E-state index contributed by atoms with van der Waals surface area (Å²) in [6.07, 6.45) is 0.847. The summed E-state index contributed by atoms with van der Waals surface area (Å²) in [6.45, 7) is 3.51. The highest BCUT2D eigenvalue weighted by Gasteiger charge is 2.46. The molecule has 0 bridgehead atoms. The second-order valence-corrected chi connectivity index (χ2v) is 9.93. The van der Waals surface area contributed by atoms with Gasteiger partial charge in [0.25, 0.3) is 0 Å². The van der Waals surface area contributed by atoms with Gasteiger partial charge in [0.05, 0.1) is 5.92 Å². The molecule has 2 amide bonds. The highest BCUT2D eigenvalue weighted by molar-refractivity contribution is 5.83. The minimum Gasteiger partial charge on any atom is -0.481 e. The fourth-order valence-corrected chi connectivity index (χ4v) is 5.58. The first-order chi connectivity index (χ1) is 16.4. The molecular weight excluding hydrogens is 432 g/mol. The molecule has 7 heteroatoms. The smallest absolute Gasteiger partial charge is 0.407 e. The van der Waals surface area contributed by atoms with E-state index in [0.717, 1.165) is 0 Å². The van der Waals surface area contributed by atoms with Gasteiger partial charge in [-0.3, -0.25) is 9.59 Å². The molecule has 0 radical (unpaired) electrons. The molecule has 3 aliphatic rings. The Kier molecular flexibility index (Phi) is 6.02. The van der Waals surface area contributed by atoms with E-state index in [4.69, 9.17) is 4.74 Å². The Morgan fingerprint density at radius 2 is 1.65 bits per heavy atom. The number of carboxylic acid groups (broad SMARTS) is 1. The summed E-state index contributed by atoms with van der Waals surface area (Å²) in [5.74, 6) is -1.21. The number of nitrogens with zero attached hydrogens (tertiary/aromatic N) is 1. The van der Waals surface area contributed by atoms with Crippen molar-refractivity contribution in [3.63, 3.8) is 0 Å². The second-order valence-electron chi connectivity index (χ2n) is 9.93. The zero-order valence-electron chi connectivity index (χ0n) is 19.3. The number of hydrogen-bond donors (Lipinski definition) is 2. The molecule has 1 aliphatic heterocycles. The zero-order valence-corrected chi connectivity index (χ0v) is 19.3. The molecule has 0 aromatic heterocycles. The lowest BCUT2D eigenvalue weighted by Crippen LogP contribution is -2.46. The average Bonchev–Trinajstić information content (AvgIpc) is 3.55. The molecule has 2 unspecified atom stereocenters. The van der Waals surface area contributed by atoms with Crippen molar-refractivity contribution in [1.29, 1.82) is 0 Å². The van der Waals surface area contributed by atoms with Crippen LogP contribution >= 0.6 is 0 Å². The van der Waals surface area contributed by atoms with E-state index in [0.29, 0.717) is 25.9 Å². The quantitative estimate of drug-likeness (QED) is 0.682. The summed E-state index contributed by atoms with van der Waals surface area (Å²) in [5, 5.41) is 12.2. The van der Waals surface area contributed by atoms with Crippen LogP contribution in [-0.2, 0) is 14.3 Å². The molecule has 2 N–H and O–H groups in total. The van der Waals surface area contributed by atoms with Crippen molar-refractivity contribution in [2.75, 3.05) is 26.2 Å². The van der Waals surface area contributed by atoms with Crippen LogP contribution in [-0.4, -0.2) is 54.2 Å². The standard InChI is InChI=1S/C27H30N2O5/c1-16-10-18(26(31)32)14-29(13-16)25(30)23-11-17(23)12-28-27(33)34-15-24-21-8-4-2-6-19(21)20-7-3-5-9-22(20)24/h2-9,16-18,23-24H,10-15H2,1H3,(H,28,33)(H,31,32)/t16?,17-,18?,23-/m1/s1. The van der Waals surface area contributed by atoms with Crippen LogP contribution in [0.4, 0.5) is 4.79 Å². The molecule has 2 aromatic rings. The minimum absolute atomic E-state index is 0.0108. The van der Waals surface area contributed by atoms with E-state index in [9.17, 15) is 19.5 Å². The van der Waals surface area contributed by atoms with Gasteiger partial charge in [0.15, 0.2) is 0 Å². The van der Waals surface area contributed by atoms with Crippen LogP contribution in [0.3, 0.4) is 0 Å². The maximum absolute atomic E-state index is 12.9. The summed E-state index contributed by atoms with van der Waals surface area (Å²) in [4.78, 5) is 38.3. The maximum Gasteiger partial charge on any atom is 0.407 e. The Morgan fingerprint density at radius 3 is 2.29 bits per heavy atom. The lowest BCUT2D eigenvalue weighted by atomic mass is 9.90. The van der Waals surface area contributed by atoms with Gasteiger partial charge in [-0.1, -0.05) is 55.5 Å². The first-order valence-electron chi connectivity index (χ1n) is 12.0. The number of carboxylic acids is 1. The molecule has 1 heterocycles. The molecule has 2 aromatic carbocycles. The number of alkyl carbamates (subject to hydrolysis) is 1. The van der Waals surface area contributed by atoms with Gasteiger partial charge in [-0.05, 0) is 46.9 Å². The van der Waals surface area contributed by atoms with Crippen molar-refractivity contribution in [3.8, 4) is 11.1 Å². The van der Waals surface area contributed by atoms with Crippen LogP contribution in [0, 0.1) is 23.7 Å². The number of aliphatic carboxylic acids is 1. The van der Waals surface area contributed by atoms with E-state index in [1.807, 2.05) is 31.2 Å². The Labute approximate surface area is 199 Å². The fourth-order valence-electron chi connectivity index (χ4n) is 5.58. The van der Waals surface area contributed by atoms with Crippen molar-refractivity contribution >= 4 is 18.0 Å². The van der Waals surface area contributed by atoms with Crippen LogP contribution in [0.1, 0.15) is 36.8 Å². The lowest BCUT2D eigenvalue weighted by Gasteiger charge is -2.35. The van der Waals surface area contributed by atoms with E-state index in [-0.39, 0.29) is 42.7 Å². The Morgan fingerprint density at radius 1 is 1.00 bits per heavy atom. The fraction of sp³-hybridized carbons (Fsp3) is 0.444. The molecule has 34 heavy (non-hydrogen) atoms. The summed E-state index contributed by atoms with van der Waals surface area (Å²) in [6, 6.07) is 16.4. The van der Waals surface area contributed by atoms with Crippen LogP contribution < -0.4 is 5.32 Å². The topological polar surface area (TPSA) is 95.9 Å². The van der Waals surface area contributed by atoms with E-state index < -0.39 is 18.0 Å². The van der Waals surface area contributed by atoms with Gasteiger partial charge in [-0.15, -0.1) is 0 Å². The molecule has 1 saturated carbocycles. The van der Waals surface area contributed by atoms with Gasteiger partial charge < -0.3 is 20.1 Å². The number of piperidine rings is 1. The Hall–Kier alpha value is -3.35. The number of carbonyl (C=O) groups is 3. The lowest BCUT2D eigenvalue weighted by molar-refractivity contribution is -0.147. The van der Waals surface area contributed by atoms with Crippen LogP contribution in [0.25, 0.3) is 11.1 Å². The number of benzene rings is 2. The predicted octanol–water partition coefficient (Wildman–Crippen LogP) is 3.73. The highest BCUT2D eigenvalue weighted by Crippen LogP contribution is 2.44. The van der Waals surface area contributed by atoms with Gasteiger partial charge in [0.1, 0.15) is 6.61 Å². The van der Waals surface area contributed by atoms with Gasteiger partial charge in [0.2, 0.25) is 5.91 Å². The molecule has 5 rings (SSSR count). The van der Waals surface area contributed by atoms with Gasteiger partial charge >= 0.3 is 12.1 Å². The first kappa shape index (κ1) is 22.4. The SMILES string of the molecule is CC1CC(C(=O)O)CN(C(=O)[C@@H]2C[C@@H]2CNC(=O)OCC2c3ccccc3-c3ccccc32)C1. The molecule has 4 atom stereocenters. The first-order valence-corrected chi connectivity index (χ1v) is 12.0. The molecule has 1 saturated heterocycles. The molecule has 2 fully saturated rings. The van der Waals surface area contributed by atoms with E-state index in [1.54, 1.807) is 4.90 Å². The van der Waals surface area contributed by atoms with Gasteiger partial charge in [0, 0.05) is 31.5 Å². The van der Waals surface area contributed by atoms with E-state index in [2.05, 4.69) is 29.6 Å². The normalized spacial score (nSPS) is 25.3. The van der Waals surface area contributed by atoms with Gasteiger partial charge in [-0.25, -0.2) is 4.79 Å². The van der Waals surface area contributed by atoms with E-state index in [1.165, 1.54) is 22.3 Å². The number of fused-ring (bicyclic) bond motifs is 3. The summed E-state index contributed by atoms with van der Waals surface area (Å²) < 4.78 is 5.57. The minimum atomic E-state index is -0.839. The monoisotopic (exact) mass is 462 g/mol. The molecular formula is C27H30N2O5. The third-order valence-electron chi connectivity index (χ3n) is 7.41. The number of nitrogens with one attached hydrogen (secondary N) is 1. The summed E-state index contributed by atoms with van der Waals surface area (Å²) >= 11 is 0. The maximum atomic E-state index is 12.9. The Balaban J connectivity index is 1.11. The van der Waals surface area contributed by atoms with Crippen molar-refractivity contribution in [2.45, 2.75) is 25.7 Å². The molecule has 7 nitrogen and oxygen atoms in total. The van der Waals surface area contributed by atoms with Crippen LogP contribution in [0.15, 0.2) is 48.5 Å². The van der Waals surface area contributed by atoms with Crippen molar-refractivity contribution in [1.82, 2.24) is 10.2 Å². The van der Waals surface area contributed by atoms with Crippen LogP contribution in [0.2, 0.25) is 0 Å². The van der Waals surface area contributed by atoms with Crippen LogP contribution in [0.5, 0.6) is 0 Å². The molecule has 0 spiro atoms. The average molecular weight is 463 g/mol. The number of ether oxygens (including phenoxy) is 1. The van der Waals surface area contributed by atoms with Crippen molar-refractivity contribution in [2.24, 2.45) is 23.7 Å². The second kappa shape index (κ2) is 9.12. The third kappa shape index (κ3) is 4.39. The zero-order chi connectivity index (χ0) is 23.8. The van der Waals surface area contributed by atoms with Crippen molar-refractivity contribution < 1.29 is 24.2 Å². The Bertz CT molecular complexity index is 1070. The number of hydrogen-bond acceptors (Lipinski definition) is 4. The number of rotatable bonds is 6. The third-order valence-corrected chi connectivity index (χ3v) is 7.41. The van der Waals surface area contributed by atoms with Crippen molar-refractivity contribution in [3.05, 3.63) is 59.7 Å². The number of amides is 2. The number of carbonyl (C=O) groups excluding carboxylic acids is 2. The highest BCUT2D eigenvalue weighted by atomic mass is 16.5. The summed E-state index contributed by atoms with van der Waals surface area (Å²) in [7, 11) is 0. The largest absolute Gasteiger partial charge is 0.481 e. The molecule has 2 aliphatic carbocycles. The predicted molar refractivity (Wildman–Crippen MR) is 126 cm³/mol. The molecule has 178 valence electrons.